The van der Waals surface area contributed by atoms with Crippen LogP contribution < -0.4 is 5.32 Å². The summed E-state index contributed by atoms with van der Waals surface area (Å²) in [6, 6.07) is 6.02. The lowest BCUT2D eigenvalue weighted by Crippen LogP contribution is -2.39. The van der Waals surface area contributed by atoms with Crippen molar-refractivity contribution in [2.24, 2.45) is 5.92 Å². The predicted octanol–water partition coefficient (Wildman–Crippen LogP) is 2.29. The van der Waals surface area contributed by atoms with E-state index >= 15 is 0 Å². The number of aromatic nitrogens is 1. The molecule has 23 heavy (non-hydrogen) atoms. The number of carbonyl (C=O) groups is 2. The highest BCUT2D eigenvalue weighted by atomic mass is 19.1. The Hall–Kier alpha value is -2.37. The molecule has 6 heteroatoms. The largest absolute Gasteiger partial charge is 0.350 e. The van der Waals surface area contributed by atoms with E-state index in [0.717, 1.165) is 11.8 Å². The zero-order valence-electron chi connectivity index (χ0n) is 13.2. The first kappa shape index (κ1) is 15.5. The van der Waals surface area contributed by atoms with Crippen molar-refractivity contribution in [3.8, 4) is 0 Å². The zero-order valence-corrected chi connectivity index (χ0v) is 13.2. The van der Waals surface area contributed by atoms with Crippen LogP contribution in [0, 0.1) is 11.7 Å². The Kier molecular flexibility index (Phi) is 4.07. The molecule has 0 bridgehead atoms. The minimum atomic E-state index is -0.343. The Morgan fingerprint density at radius 1 is 1.35 bits per heavy atom. The van der Waals surface area contributed by atoms with Gasteiger partial charge in [-0.15, -0.1) is 0 Å². The van der Waals surface area contributed by atoms with Crippen molar-refractivity contribution >= 4 is 22.7 Å². The molecule has 0 radical (unpaired) electrons. The molecule has 1 atom stereocenters. The SMILES string of the molecule is CC(C)C(=O)N1CCC(NC(=O)c2cc3ccc(F)cc3[nH]2)C1. The summed E-state index contributed by atoms with van der Waals surface area (Å²) in [5.74, 6) is -0.494. The van der Waals surface area contributed by atoms with E-state index in [0.29, 0.717) is 24.3 Å². The lowest BCUT2D eigenvalue weighted by atomic mass is 10.2. The van der Waals surface area contributed by atoms with Gasteiger partial charge in [-0.1, -0.05) is 13.8 Å². The minimum absolute atomic E-state index is 0.0342. The summed E-state index contributed by atoms with van der Waals surface area (Å²) in [6.45, 7) is 4.95. The quantitative estimate of drug-likeness (QED) is 0.912. The third-order valence-corrected chi connectivity index (χ3v) is 4.16. The highest BCUT2D eigenvalue weighted by Gasteiger charge is 2.28. The molecular formula is C17H20FN3O2. The Morgan fingerprint density at radius 3 is 2.87 bits per heavy atom. The zero-order chi connectivity index (χ0) is 16.6. The van der Waals surface area contributed by atoms with Crippen LogP contribution in [0.4, 0.5) is 4.39 Å². The molecule has 2 N–H and O–H groups in total. The van der Waals surface area contributed by atoms with Gasteiger partial charge in [-0.2, -0.15) is 0 Å². The first-order chi connectivity index (χ1) is 10.9. The van der Waals surface area contributed by atoms with Gasteiger partial charge in [-0.3, -0.25) is 9.59 Å². The van der Waals surface area contributed by atoms with Crippen molar-refractivity contribution < 1.29 is 14.0 Å². The van der Waals surface area contributed by atoms with Gasteiger partial charge in [0.05, 0.1) is 0 Å². The standard InChI is InChI=1S/C17H20FN3O2/c1-10(2)17(23)21-6-5-13(9-21)19-16(22)15-7-11-3-4-12(18)8-14(11)20-15/h3-4,7-8,10,13,20H,5-6,9H2,1-2H3,(H,19,22). The van der Waals surface area contributed by atoms with Crippen LogP contribution in [0.3, 0.4) is 0 Å². The van der Waals surface area contributed by atoms with Crippen LogP contribution in [0.1, 0.15) is 30.8 Å². The lowest BCUT2D eigenvalue weighted by Gasteiger charge is -2.19. The monoisotopic (exact) mass is 317 g/mol. The van der Waals surface area contributed by atoms with Gasteiger partial charge in [-0.25, -0.2) is 4.39 Å². The summed E-state index contributed by atoms with van der Waals surface area (Å²) in [5, 5.41) is 3.73. The molecule has 0 aliphatic carbocycles. The Labute approximate surface area is 133 Å². The van der Waals surface area contributed by atoms with Gasteiger partial charge in [0.1, 0.15) is 11.5 Å². The minimum Gasteiger partial charge on any atom is -0.350 e. The van der Waals surface area contributed by atoms with Crippen molar-refractivity contribution in [3.63, 3.8) is 0 Å². The summed E-state index contributed by atoms with van der Waals surface area (Å²) < 4.78 is 13.2. The number of fused-ring (bicyclic) bond motifs is 1. The second kappa shape index (κ2) is 6.02. The van der Waals surface area contributed by atoms with Crippen LogP contribution >= 0.6 is 0 Å². The number of H-pyrrole nitrogens is 1. The molecule has 1 aliphatic rings. The van der Waals surface area contributed by atoms with Crippen molar-refractivity contribution in [2.45, 2.75) is 26.3 Å². The van der Waals surface area contributed by atoms with Gasteiger partial charge >= 0.3 is 0 Å². The number of carbonyl (C=O) groups excluding carboxylic acids is 2. The normalized spacial score (nSPS) is 17.9. The second-order valence-corrected chi connectivity index (χ2v) is 6.31. The third-order valence-electron chi connectivity index (χ3n) is 4.16. The summed E-state index contributed by atoms with van der Waals surface area (Å²) >= 11 is 0. The van der Waals surface area contributed by atoms with Crippen LogP contribution in [-0.4, -0.2) is 40.8 Å². The molecule has 2 amide bonds. The van der Waals surface area contributed by atoms with E-state index in [4.69, 9.17) is 0 Å². The first-order valence-corrected chi connectivity index (χ1v) is 7.82. The molecule has 2 heterocycles. The van der Waals surface area contributed by atoms with E-state index in [1.54, 1.807) is 17.0 Å². The third kappa shape index (κ3) is 3.21. The fourth-order valence-corrected chi connectivity index (χ4v) is 2.93. The molecular weight excluding hydrogens is 297 g/mol. The maximum Gasteiger partial charge on any atom is 0.268 e. The average Bonchev–Trinajstić information content (AvgIpc) is 3.12. The number of likely N-dealkylation sites (tertiary alicyclic amines) is 1. The molecule has 1 aromatic carbocycles. The van der Waals surface area contributed by atoms with E-state index in [-0.39, 0.29) is 29.6 Å². The lowest BCUT2D eigenvalue weighted by molar-refractivity contribution is -0.133. The van der Waals surface area contributed by atoms with Gasteiger partial charge in [0.25, 0.3) is 5.91 Å². The van der Waals surface area contributed by atoms with E-state index < -0.39 is 0 Å². The molecule has 1 unspecified atom stereocenters. The number of nitrogens with zero attached hydrogens (tertiary/aromatic N) is 1. The van der Waals surface area contributed by atoms with E-state index in [9.17, 15) is 14.0 Å². The summed E-state index contributed by atoms with van der Waals surface area (Å²) in [4.78, 5) is 29.0. The maximum absolute atomic E-state index is 13.2. The summed E-state index contributed by atoms with van der Waals surface area (Å²) in [5.41, 5.74) is 0.998. The number of aromatic amines is 1. The highest BCUT2D eigenvalue weighted by molar-refractivity contribution is 5.98. The Morgan fingerprint density at radius 2 is 2.13 bits per heavy atom. The Bertz CT molecular complexity index is 753. The number of hydrogen-bond donors (Lipinski definition) is 2. The fourth-order valence-electron chi connectivity index (χ4n) is 2.93. The number of nitrogens with one attached hydrogen (secondary N) is 2. The molecule has 5 nitrogen and oxygen atoms in total. The molecule has 1 fully saturated rings. The number of benzene rings is 1. The number of hydrogen-bond acceptors (Lipinski definition) is 2. The number of halogens is 1. The average molecular weight is 317 g/mol. The van der Waals surface area contributed by atoms with Crippen LogP contribution in [-0.2, 0) is 4.79 Å². The molecule has 1 aliphatic heterocycles. The molecule has 3 rings (SSSR count). The molecule has 1 aromatic heterocycles. The summed E-state index contributed by atoms with van der Waals surface area (Å²) in [7, 11) is 0. The van der Waals surface area contributed by atoms with Crippen molar-refractivity contribution in [1.29, 1.82) is 0 Å². The van der Waals surface area contributed by atoms with E-state index in [1.165, 1.54) is 12.1 Å². The van der Waals surface area contributed by atoms with Crippen molar-refractivity contribution in [1.82, 2.24) is 15.2 Å². The maximum atomic E-state index is 13.2. The van der Waals surface area contributed by atoms with Crippen molar-refractivity contribution in [3.05, 3.63) is 35.8 Å². The van der Waals surface area contributed by atoms with E-state index in [1.807, 2.05) is 13.8 Å². The highest BCUT2D eigenvalue weighted by Crippen LogP contribution is 2.18. The predicted molar refractivity (Wildman–Crippen MR) is 85.5 cm³/mol. The number of amides is 2. The van der Waals surface area contributed by atoms with Crippen LogP contribution in [0.25, 0.3) is 10.9 Å². The van der Waals surface area contributed by atoms with Gasteiger partial charge in [0.2, 0.25) is 5.91 Å². The Balaban J connectivity index is 1.66. The summed E-state index contributed by atoms with van der Waals surface area (Å²) in [6.07, 6.45) is 0.749. The smallest absolute Gasteiger partial charge is 0.268 e. The second-order valence-electron chi connectivity index (χ2n) is 6.31. The van der Waals surface area contributed by atoms with Crippen LogP contribution in [0.2, 0.25) is 0 Å². The molecule has 122 valence electrons. The van der Waals surface area contributed by atoms with Crippen molar-refractivity contribution in [2.75, 3.05) is 13.1 Å². The fraction of sp³-hybridized carbons (Fsp3) is 0.412. The van der Waals surface area contributed by atoms with Gasteiger partial charge in [0, 0.05) is 36.0 Å². The van der Waals surface area contributed by atoms with Crippen LogP contribution in [0.5, 0.6) is 0 Å². The van der Waals surface area contributed by atoms with Gasteiger partial charge < -0.3 is 15.2 Å². The molecule has 2 aromatic rings. The molecule has 0 saturated carbocycles. The van der Waals surface area contributed by atoms with Gasteiger partial charge in [0.15, 0.2) is 0 Å². The first-order valence-electron chi connectivity index (χ1n) is 7.82. The topological polar surface area (TPSA) is 65.2 Å². The van der Waals surface area contributed by atoms with E-state index in [2.05, 4.69) is 10.3 Å². The van der Waals surface area contributed by atoms with Gasteiger partial charge in [-0.05, 0) is 30.7 Å². The number of rotatable bonds is 3. The van der Waals surface area contributed by atoms with Crippen LogP contribution in [0.15, 0.2) is 24.3 Å². The molecule has 1 saturated heterocycles. The molecule has 0 spiro atoms.